The number of halogens is 3. The van der Waals surface area contributed by atoms with E-state index < -0.39 is 35.6 Å². The largest absolute Gasteiger partial charge is 0.437 e. The normalized spacial score (nSPS) is 16.3. The van der Waals surface area contributed by atoms with Gasteiger partial charge in [0.05, 0.1) is 17.4 Å². The van der Waals surface area contributed by atoms with Gasteiger partial charge in [-0.3, -0.25) is 19.9 Å². The number of thiophene rings is 1. The van der Waals surface area contributed by atoms with Crippen LogP contribution in [0.3, 0.4) is 0 Å². The van der Waals surface area contributed by atoms with Crippen LogP contribution in [-0.2, 0) is 9.53 Å². The van der Waals surface area contributed by atoms with Crippen LogP contribution in [0.2, 0.25) is 0 Å². The third-order valence-corrected chi connectivity index (χ3v) is 5.66. The molecule has 0 radical (unpaired) electrons. The lowest BCUT2D eigenvalue weighted by Crippen LogP contribution is -2.38. The molecule has 0 spiro atoms. The number of nitrogens with one attached hydrogen (secondary N) is 3. The van der Waals surface area contributed by atoms with Crippen molar-refractivity contribution in [2.45, 2.75) is 29.5 Å². The van der Waals surface area contributed by atoms with Crippen molar-refractivity contribution in [1.29, 1.82) is 0 Å². The first-order valence-electron chi connectivity index (χ1n) is 7.99. The summed E-state index contributed by atoms with van der Waals surface area (Å²) in [4.78, 5) is 41.0. The summed E-state index contributed by atoms with van der Waals surface area (Å²) in [6, 6.07) is 3.07. The van der Waals surface area contributed by atoms with Gasteiger partial charge in [-0.1, -0.05) is 11.8 Å². The molecule has 2 atom stereocenters. The molecular formula is C16H13F3N4O4S2. The predicted octanol–water partition coefficient (Wildman–Crippen LogP) is 3.44. The molecule has 0 saturated carbocycles. The molecule has 0 aromatic carbocycles. The minimum absolute atomic E-state index is 0.0814. The van der Waals surface area contributed by atoms with Crippen LogP contribution in [0.4, 0.5) is 28.7 Å². The maximum atomic E-state index is 12.5. The Morgan fingerprint density at radius 3 is 2.76 bits per heavy atom. The van der Waals surface area contributed by atoms with Gasteiger partial charge in [0.15, 0.2) is 11.5 Å². The van der Waals surface area contributed by atoms with Crippen molar-refractivity contribution < 1.29 is 32.3 Å². The van der Waals surface area contributed by atoms with Gasteiger partial charge in [-0.05, 0) is 24.4 Å². The van der Waals surface area contributed by atoms with Crippen molar-refractivity contribution in [2.75, 3.05) is 10.6 Å². The van der Waals surface area contributed by atoms with Crippen LogP contribution in [0.1, 0.15) is 17.3 Å². The molecule has 2 aromatic heterocycles. The molecule has 2 aromatic rings. The number of fused-ring (bicyclic) bond motifs is 1. The smallest absolute Gasteiger partial charge is 0.425 e. The molecule has 0 fully saturated rings. The van der Waals surface area contributed by atoms with E-state index >= 15 is 0 Å². The summed E-state index contributed by atoms with van der Waals surface area (Å²) in [7, 11) is 0. The maximum absolute atomic E-state index is 12.5. The molecule has 0 aliphatic carbocycles. The summed E-state index contributed by atoms with van der Waals surface area (Å²) in [6.07, 6.45) is -5.50. The van der Waals surface area contributed by atoms with E-state index in [0.717, 1.165) is 16.2 Å². The molecule has 8 nitrogen and oxygen atoms in total. The third-order valence-electron chi connectivity index (χ3n) is 3.66. The van der Waals surface area contributed by atoms with Crippen molar-refractivity contribution in [3.05, 3.63) is 35.5 Å². The second kappa shape index (κ2) is 8.29. The van der Waals surface area contributed by atoms with Gasteiger partial charge in [0.25, 0.3) is 11.8 Å². The highest BCUT2D eigenvalue weighted by atomic mass is 32.2. The molecule has 1 aliphatic rings. The molecule has 1 aliphatic heterocycles. The lowest BCUT2D eigenvalue weighted by atomic mass is 10.3. The Morgan fingerprint density at radius 2 is 2.07 bits per heavy atom. The van der Waals surface area contributed by atoms with Crippen LogP contribution >= 0.6 is 23.1 Å². The number of ether oxygens (including phenoxy) is 1. The Bertz CT molecular complexity index is 925. The lowest BCUT2D eigenvalue weighted by molar-refractivity contribution is -0.197. The van der Waals surface area contributed by atoms with Gasteiger partial charge in [-0.25, -0.2) is 4.79 Å². The highest BCUT2D eigenvalue weighted by molar-refractivity contribution is 8.01. The fourth-order valence-electron chi connectivity index (χ4n) is 2.19. The molecule has 3 heterocycles. The standard InChI is InChI=1S/C16H13F3N4O4S2/c1-7(16(17,18)19)27-15(26)23-11(24)8-3-5-28-13(8)22-12(25)14-21-9-6-20-4-2-10(9)29-14/h2-7,14,21H,1H3,(H,22,25)(H,23,24,26). The van der Waals surface area contributed by atoms with Gasteiger partial charge in [0, 0.05) is 11.1 Å². The third kappa shape index (κ3) is 4.98. The Morgan fingerprint density at radius 1 is 1.31 bits per heavy atom. The summed E-state index contributed by atoms with van der Waals surface area (Å²) in [5, 5.41) is 8.22. The van der Waals surface area contributed by atoms with Crippen LogP contribution in [-0.4, -0.2) is 40.5 Å². The first-order valence-corrected chi connectivity index (χ1v) is 9.75. The Balaban J connectivity index is 1.60. The van der Waals surface area contributed by atoms with Crippen LogP contribution in [0.15, 0.2) is 34.8 Å². The van der Waals surface area contributed by atoms with E-state index in [0.29, 0.717) is 12.6 Å². The fourth-order valence-corrected chi connectivity index (χ4v) is 3.96. The topological polar surface area (TPSA) is 109 Å². The first-order chi connectivity index (χ1) is 13.6. The van der Waals surface area contributed by atoms with E-state index in [1.165, 1.54) is 23.2 Å². The first kappa shape index (κ1) is 20.9. The van der Waals surface area contributed by atoms with E-state index in [4.69, 9.17) is 0 Å². The summed E-state index contributed by atoms with van der Waals surface area (Å²) in [6.45, 7) is 0.639. The van der Waals surface area contributed by atoms with Gasteiger partial charge in [-0.2, -0.15) is 13.2 Å². The van der Waals surface area contributed by atoms with Crippen molar-refractivity contribution in [1.82, 2.24) is 10.3 Å². The molecule has 13 heteroatoms. The number of carbonyl (C=O) groups is 3. The summed E-state index contributed by atoms with van der Waals surface area (Å²) in [5.41, 5.74) is 0.616. The molecular weight excluding hydrogens is 433 g/mol. The second-order valence-corrected chi connectivity index (χ2v) is 7.77. The number of anilines is 2. The number of imide groups is 1. The molecule has 154 valence electrons. The number of hydrogen-bond acceptors (Lipinski definition) is 8. The maximum Gasteiger partial charge on any atom is 0.425 e. The van der Waals surface area contributed by atoms with Crippen molar-refractivity contribution in [2.24, 2.45) is 0 Å². The van der Waals surface area contributed by atoms with Gasteiger partial charge in [-0.15, -0.1) is 11.3 Å². The van der Waals surface area contributed by atoms with Crippen LogP contribution in [0, 0.1) is 0 Å². The Hall–Kier alpha value is -2.80. The van der Waals surface area contributed by atoms with Gasteiger partial charge in [0.2, 0.25) is 0 Å². The van der Waals surface area contributed by atoms with E-state index in [2.05, 4.69) is 20.4 Å². The van der Waals surface area contributed by atoms with Crippen LogP contribution in [0.5, 0.6) is 0 Å². The zero-order valence-electron chi connectivity index (χ0n) is 14.6. The minimum Gasteiger partial charge on any atom is -0.437 e. The number of rotatable bonds is 4. The number of pyridine rings is 1. The van der Waals surface area contributed by atoms with Crippen LogP contribution in [0.25, 0.3) is 0 Å². The molecule has 3 amide bonds. The Kier molecular flexibility index (Phi) is 5.98. The molecule has 29 heavy (non-hydrogen) atoms. The minimum atomic E-state index is -4.75. The average Bonchev–Trinajstić information content (AvgIpc) is 3.27. The number of amides is 3. The number of alkyl carbamates (subject to hydrolysis) is 1. The molecule has 2 unspecified atom stereocenters. The number of hydrogen-bond donors (Lipinski definition) is 3. The zero-order valence-corrected chi connectivity index (χ0v) is 16.2. The molecule has 3 N–H and O–H groups in total. The number of alkyl halides is 3. The van der Waals surface area contributed by atoms with Crippen molar-refractivity contribution in [3.63, 3.8) is 0 Å². The van der Waals surface area contributed by atoms with E-state index in [1.807, 2.05) is 0 Å². The number of thioether (sulfide) groups is 1. The summed E-state index contributed by atoms with van der Waals surface area (Å²) >= 11 is 2.28. The second-order valence-electron chi connectivity index (χ2n) is 5.71. The summed E-state index contributed by atoms with van der Waals surface area (Å²) in [5.74, 6) is -1.45. The summed E-state index contributed by atoms with van der Waals surface area (Å²) < 4.78 is 41.4. The lowest BCUT2D eigenvalue weighted by Gasteiger charge is -2.16. The number of carbonyl (C=O) groups excluding carboxylic acids is 3. The van der Waals surface area contributed by atoms with E-state index in [-0.39, 0.29) is 10.6 Å². The van der Waals surface area contributed by atoms with Gasteiger partial charge >= 0.3 is 12.3 Å². The number of aromatic nitrogens is 1. The highest BCUT2D eigenvalue weighted by Gasteiger charge is 2.39. The SMILES string of the molecule is CC(OC(=O)NC(=O)c1ccsc1NC(=O)C1Nc2cnccc2S1)C(F)(F)F. The van der Waals surface area contributed by atoms with E-state index in [1.54, 1.807) is 23.8 Å². The fraction of sp³-hybridized carbons (Fsp3) is 0.250. The quantitative estimate of drug-likeness (QED) is 0.660. The molecule has 0 saturated heterocycles. The van der Waals surface area contributed by atoms with E-state index in [9.17, 15) is 27.6 Å². The number of nitrogens with zero attached hydrogens (tertiary/aromatic N) is 1. The van der Waals surface area contributed by atoms with Crippen molar-refractivity contribution >= 4 is 51.7 Å². The average molecular weight is 446 g/mol. The van der Waals surface area contributed by atoms with Crippen molar-refractivity contribution in [3.8, 4) is 0 Å². The highest BCUT2D eigenvalue weighted by Crippen LogP contribution is 2.38. The predicted molar refractivity (Wildman–Crippen MR) is 99.9 cm³/mol. The van der Waals surface area contributed by atoms with Gasteiger partial charge in [0.1, 0.15) is 5.00 Å². The van der Waals surface area contributed by atoms with Gasteiger partial charge < -0.3 is 15.4 Å². The van der Waals surface area contributed by atoms with Crippen LogP contribution < -0.4 is 16.0 Å². The molecule has 3 rings (SSSR count). The molecule has 0 bridgehead atoms. The zero-order chi connectivity index (χ0) is 21.2. The Labute approximate surface area is 170 Å². The monoisotopic (exact) mass is 446 g/mol.